The first-order chi connectivity index (χ1) is 11.7. The van der Waals surface area contributed by atoms with Crippen molar-refractivity contribution < 1.29 is 93.8 Å². The molecule has 10 nitrogen and oxygen atoms in total. The van der Waals surface area contributed by atoms with E-state index in [4.69, 9.17) is 9.84 Å². The van der Waals surface area contributed by atoms with Crippen LogP contribution >= 0.6 is 23.5 Å². The number of nitrogens with zero attached hydrogens (tertiary/aromatic N) is 1. The predicted molar refractivity (Wildman–Crippen MR) is 91.8 cm³/mol. The van der Waals surface area contributed by atoms with Crippen molar-refractivity contribution in [2.45, 2.75) is 49.1 Å². The van der Waals surface area contributed by atoms with Crippen LogP contribution in [0.4, 0.5) is 0 Å². The van der Waals surface area contributed by atoms with Gasteiger partial charge in [-0.3, -0.25) is 4.28 Å². The van der Waals surface area contributed by atoms with E-state index >= 15 is 0 Å². The summed E-state index contributed by atoms with van der Waals surface area (Å²) in [5.41, 5.74) is -1.13. The standard InChI is InChI=1S/C12H23NO9S3.K/c1-23-5-3-2-4-8(13-22-25(18,19)20)24-12-11(17)10(16)9(15)7(6-14)21-12;/h7,9-12,14-17H,2-6H2,1H3,(H,18,19,20);/q;+1/p-1/b13-8+;/t7-,9-,10+,11-,12+;/m1./s1. The molecule has 1 rings (SSSR count). The molecule has 0 aromatic carbocycles. The van der Waals surface area contributed by atoms with Gasteiger partial charge in [-0.05, 0) is 31.3 Å². The van der Waals surface area contributed by atoms with Crippen molar-refractivity contribution in [2.75, 3.05) is 18.6 Å². The molecule has 5 atom stereocenters. The van der Waals surface area contributed by atoms with E-state index in [1.54, 1.807) is 11.8 Å². The van der Waals surface area contributed by atoms with E-state index in [1.165, 1.54) is 0 Å². The van der Waals surface area contributed by atoms with Crippen molar-refractivity contribution in [2.24, 2.45) is 5.16 Å². The Kier molecular flexibility index (Phi) is 14.5. The molecule has 1 fully saturated rings. The molecule has 26 heavy (non-hydrogen) atoms. The van der Waals surface area contributed by atoms with Gasteiger partial charge >= 0.3 is 51.4 Å². The molecular weight excluding hydrogens is 437 g/mol. The van der Waals surface area contributed by atoms with Crippen LogP contribution in [0.15, 0.2) is 5.16 Å². The molecule has 1 saturated heterocycles. The first kappa shape index (κ1) is 27.5. The third kappa shape index (κ3) is 9.82. The summed E-state index contributed by atoms with van der Waals surface area (Å²) in [6.45, 7) is -0.590. The number of aliphatic hydroxyl groups excluding tert-OH is 4. The molecule has 0 aromatic heterocycles. The van der Waals surface area contributed by atoms with Gasteiger partial charge in [-0.2, -0.15) is 20.2 Å². The van der Waals surface area contributed by atoms with Crippen molar-refractivity contribution in [3.8, 4) is 0 Å². The van der Waals surface area contributed by atoms with Gasteiger partial charge in [0.25, 0.3) is 10.4 Å². The normalized spacial score (nSPS) is 29.9. The Labute approximate surface area is 203 Å². The molecule has 0 unspecified atom stereocenters. The molecule has 0 aromatic rings. The van der Waals surface area contributed by atoms with Gasteiger partial charge < -0.3 is 29.7 Å². The van der Waals surface area contributed by atoms with Crippen LogP contribution in [0.2, 0.25) is 0 Å². The first-order valence-corrected chi connectivity index (χ1v) is 11.0. The maximum absolute atomic E-state index is 10.6. The minimum Gasteiger partial charge on any atom is -0.714 e. The van der Waals surface area contributed by atoms with E-state index < -0.39 is 46.9 Å². The van der Waals surface area contributed by atoms with Crippen molar-refractivity contribution in [3.63, 3.8) is 0 Å². The number of ether oxygens (including phenoxy) is 1. The summed E-state index contributed by atoms with van der Waals surface area (Å²) < 4.78 is 40.9. The second-order valence-corrected chi connectivity index (χ2v) is 8.36. The Morgan fingerprint density at radius 2 is 1.88 bits per heavy atom. The number of rotatable bonds is 9. The van der Waals surface area contributed by atoms with Crippen LogP contribution in [0.5, 0.6) is 0 Å². The Morgan fingerprint density at radius 1 is 1.23 bits per heavy atom. The number of thioether (sulfide) groups is 2. The molecule has 0 spiro atoms. The van der Waals surface area contributed by atoms with Gasteiger partial charge in [0.15, 0.2) is 0 Å². The summed E-state index contributed by atoms with van der Waals surface area (Å²) >= 11 is 2.39. The number of unbranched alkanes of at least 4 members (excludes halogenated alkanes) is 1. The van der Waals surface area contributed by atoms with Crippen LogP contribution in [0.25, 0.3) is 0 Å². The van der Waals surface area contributed by atoms with Crippen molar-refractivity contribution >= 4 is 39.0 Å². The molecule has 1 aliphatic rings. The second-order valence-electron chi connectivity index (χ2n) is 5.23. The van der Waals surface area contributed by atoms with Gasteiger partial charge in [-0.1, -0.05) is 16.9 Å². The summed E-state index contributed by atoms with van der Waals surface area (Å²) in [5.74, 6) is 0.874. The number of hydrogen-bond donors (Lipinski definition) is 4. The first-order valence-electron chi connectivity index (χ1n) is 7.37. The van der Waals surface area contributed by atoms with E-state index in [0.29, 0.717) is 6.42 Å². The fourth-order valence-electron chi connectivity index (χ4n) is 2.03. The average molecular weight is 460 g/mol. The monoisotopic (exact) mass is 459 g/mol. The van der Waals surface area contributed by atoms with E-state index in [2.05, 4.69) is 9.44 Å². The Hall–Kier alpha value is 1.52. The largest absolute Gasteiger partial charge is 1.00 e. The van der Waals surface area contributed by atoms with Gasteiger partial charge in [-0.25, -0.2) is 0 Å². The fraction of sp³-hybridized carbons (Fsp3) is 0.917. The summed E-state index contributed by atoms with van der Waals surface area (Å²) in [4.78, 5) is 0. The number of aliphatic hydroxyl groups is 4. The Bertz CT molecular complexity index is 534. The summed E-state index contributed by atoms with van der Waals surface area (Å²) in [6.07, 6.45) is -2.06. The zero-order chi connectivity index (χ0) is 19.0. The molecule has 0 amide bonds. The summed E-state index contributed by atoms with van der Waals surface area (Å²) in [5, 5.41) is 42.0. The summed E-state index contributed by atoms with van der Waals surface area (Å²) in [7, 11) is -5.03. The van der Waals surface area contributed by atoms with Crippen molar-refractivity contribution in [1.82, 2.24) is 0 Å². The molecule has 0 radical (unpaired) electrons. The molecule has 14 heteroatoms. The molecule has 4 N–H and O–H groups in total. The quantitative estimate of drug-likeness (QED) is 0.0502. The van der Waals surface area contributed by atoms with Crippen LogP contribution < -0.4 is 51.4 Å². The molecule has 0 bridgehead atoms. The maximum atomic E-state index is 10.6. The molecule has 0 saturated carbocycles. The molecular formula is C12H22KNO9S3. The van der Waals surface area contributed by atoms with Crippen LogP contribution in [0, 0.1) is 0 Å². The third-order valence-electron chi connectivity index (χ3n) is 3.32. The van der Waals surface area contributed by atoms with Gasteiger partial charge in [0, 0.05) is 0 Å². The van der Waals surface area contributed by atoms with Crippen molar-refractivity contribution in [3.05, 3.63) is 0 Å². The molecule has 0 aliphatic carbocycles. The van der Waals surface area contributed by atoms with E-state index in [1.807, 2.05) is 6.26 Å². The van der Waals surface area contributed by atoms with Crippen LogP contribution in [0.1, 0.15) is 19.3 Å². The van der Waals surface area contributed by atoms with Crippen LogP contribution in [-0.2, 0) is 19.4 Å². The third-order valence-corrected chi connectivity index (χ3v) is 5.45. The average Bonchev–Trinajstić information content (AvgIpc) is 2.55. The van der Waals surface area contributed by atoms with Crippen LogP contribution in [-0.4, -0.2) is 86.9 Å². The Morgan fingerprint density at radius 3 is 2.42 bits per heavy atom. The Balaban J connectivity index is 0.00000625. The van der Waals surface area contributed by atoms with Crippen molar-refractivity contribution in [1.29, 1.82) is 0 Å². The predicted octanol–water partition coefficient (Wildman–Crippen LogP) is -4.15. The molecule has 1 heterocycles. The minimum atomic E-state index is -5.03. The van der Waals surface area contributed by atoms with E-state index in [9.17, 15) is 28.3 Å². The smallest absolute Gasteiger partial charge is 0.714 e. The number of oxime groups is 1. The topological polar surface area (TPSA) is 169 Å². The zero-order valence-electron chi connectivity index (χ0n) is 14.4. The minimum absolute atomic E-state index is 0. The molecule has 148 valence electrons. The van der Waals surface area contributed by atoms with Gasteiger partial charge in [-0.15, -0.1) is 0 Å². The van der Waals surface area contributed by atoms with E-state index in [-0.39, 0.29) is 62.8 Å². The van der Waals surface area contributed by atoms with Gasteiger partial charge in [0.1, 0.15) is 34.9 Å². The van der Waals surface area contributed by atoms with E-state index in [0.717, 1.165) is 23.9 Å². The molecule has 1 aliphatic heterocycles. The van der Waals surface area contributed by atoms with Crippen LogP contribution in [0.3, 0.4) is 0 Å². The maximum Gasteiger partial charge on any atom is 1.00 e. The van der Waals surface area contributed by atoms with Gasteiger partial charge in [0.05, 0.1) is 6.61 Å². The SMILES string of the molecule is CSCCCC/C(=N\OS(=O)(=O)[O-])S[C@@H]1O[C@H](CO)[C@@H](O)[C@H](O)[C@H]1O.[K+]. The second kappa shape index (κ2) is 13.7. The summed E-state index contributed by atoms with van der Waals surface area (Å²) in [6, 6.07) is 0. The number of hydrogen-bond acceptors (Lipinski definition) is 12. The van der Waals surface area contributed by atoms with Gasteiger partial charge in [0.2, 0.25) is 0 Å². The fourth-order valence-corrected chi connectivity index (χ4v) is 3.87. The zero-order valence-corrected chi connectivity index (χ0v) is 20.0.